The SMILES string of the molecule is CCCCOc1ccc(NC(=S)NC(=O)c2ccccc2OC(C)C)cc1. The van der Waals surface area contributed by atoms with Crippen molar-refractivity contribution < 1.29 is 14.3 Å². The second-order valence-electron chi connectivity index (χ2n) is 6.30. The summed E-state index contributed by atoms with van der Waals surface area (Å²) in [6, 6.07) is 14.5. The fourth-order valence-corrected chi connectivity index (χ4v) is 2.52. The molecule has 0 fully saturated rings. The highest BCUT2D eigenvalue weighted by atomic mass is 32.1. The molecule has 0 spiro atoms. The molecule has 0 unspecified atom stereocenters. The second kappa shape index (κ2) is 10.5. The Morgan fingerprint density at radius 2 is 1.81 bits per heavy atom. The number of benzene rings is 2. The zero-order valence-electron chi connectivity index (χ0n) is 16.0. The van der Waals surface area contributed by atoms with Crippen LogP contribution in [0.2, 0.25) is 0 Å². The molecule has 144 valence electrons. The van der Waals surface area contributed by atoms with Gasteiger partial charge in [-0.3, -0.25) is 10.1 Å². The van der Waals surface area contributed by atoms with Crippen LogP contribution in [0, 0.1) is 0 Å². The van der Waals surface area contributed by atoms with E-state index in [2.05, 4.69) is 17.6 Å². The molecule has 27 heavy (non-hydrogen) atoms. The largest absolute Gasteiger partial charge is 0.494 e. The maximum absolute atomic E-state index is 12.5. The van der Waals surface area contributed by atoms with Crippen LogP contribution in [0.1, 0.15) is 44.0 Å². The summed E-state index contributed by atoms with van der Waals surface area (Å²) in [4.78, 5) is 12.5. The molecule has 6 heteroatoms. The molecule has 0 radical (unpaired) electrons. The van der Waals surface area contributed by atoms with E-state index in [-0.39, 0.29) is 17.1 Å². The van der Waals surface area contributed by atoms with E-state index in [0.717, 1.165) is 24.3 Å². The summed E-state index contributed by atoms with van der Waals surface area (Å²) >= 11 is 5.25. The fourth-order valence-electron chi connectivity index (χ4n) is 2.31. The third kappa shape index (κ3) is 6.90. The van der Waals surface area contributed by atoms with Crippen molar-refractivity contribution in [2.24, 2.45) is 0 Å². The molecule has 2 N–H and O–H groups in total. The predicted octanol–water partition coefficient (Wildman–Crippen LogP) is 4.78. The number of unbranched alkanes of at least 4 members (excludes halogenated alkanes) is 1. The standard InChI is InChI=1S/C21H26N2O3S/c1-4-5-14-25-17-12-10-16(11-13-17)22-21(27)23-20(24)18-8-6-7-9-19(18)26-15(2)3/h6-13,15H,4-5,14H2,1-3H3,(H2,22,23,24,27). The third-order valence-electron chi connectivity index (χ3n) is 3.60. The van der Waals surface area contributed by atoms with E-state index in [1.54, 1.807) is 18.2 Å². The van der Waals surface area contributed by atoms with E-state index in [0.29, 0.717) is 17.9 Å². The summed E-state index contributed by atoms with van der Waals surface area (Å²) in [5, 5.41) is 5.91. The van der Waals surface area contributed by atoms with Crippen LogP contribution in [0.25, 0.3) is 0 Å². The number of anilines is 1. The van der Waals surface area contributed by atoms with Gasteiger partial charge in [0.25, 0.3) is 5.91 Å². The van der Waals surface area contributed by atoms with Gasteiger partial charge < -0.3 is 14.8 Å². The zero-order valence-corrected chi connectivity index (χ0v) is 16.8. The van der Waals surface area contributed by atoms with E-state index < -0.39 is 0 Å². The minimum Gasteiger partial charge on any atom is -0.494 e. The number of ether oxygens (including phenoxy) is 2. The van der Waals surface area contributed by atoms with Gasteiger partial charge in [-0.25, -0.2) is 0 Å². The van der Waals surface area contributed by atoms with Gasteiger partial charge in [-0.05, 0) is 68.9 Å². The molecule has 1 amide bonds. The lowest BCUT2D eigenvalue weighted by Crippen LogP contribution is -2.34. The van der Waals surface area contributed by atoms with Gasteiger partial charge in [-0.15, -0.1) is 0 Å². The lowest BCUT2D eigenvalue weighted by atomic mass is 10.2. The second-order valence-corrected chi connectivity index (χ2v) is 6.71. The molecule has 0 aliphatic rings. The Morgan fingerprint density at radius 1 is 1.11 bits per heavy atom. The first kappa shape index (κ1) is 20.7. The smallest absolute Gasteiger partial charge is 0.261 e. The molecule has 0 aliphatic heterocycles. The summed E-state index contributed by atoms with van der Waals surface area (Å²) in [7, 11) is 0. The maximum atomic E-state index is 12.5. The molecule has 0 atom stereocenters. The number of carbonyl (C=O) groups excluding carboxylic acids is 1. The molecular formula is C21H26N2O3S. The molecule has 2 aromatic carbocycles. The van der Waals surface area contributed by atoms with Gasteiger partial charge in [-0.2, -0.15) is 0 Å². The first-order chi connectivity index (χ1) is 13.0. The van der Waals surface area contributed by atoms with Crippen molar-refractivity contribution in [1.29, 1.82) is 0 Å². The van der Waals surface area contributed by atoms with E-state index in [4.69, 9.17) is 21.7 Å². The van der Waals surface area contributed by atoms with Crippen LogP contribution in [-0.4, -0.2) is 23.7 Å². The first-order valence-corrected chi connectivity index (χ1v) is 9.51. The van der Waals surface area contributed by atoms with Gasteiger partial charge in [0.2, 0.25) is 0 Å². The minimum absolute atomic E-state index is 0.0258. The van der Waals surface area contributed by atoms with Crippen LogP contribution in [0.15, 0.2) is 48.5 Å². The highest BCUT2D eigenvalue weighted by Crippen LogP contribution is 2.20. The Balaban J connectivity index is 1.93. The molecule has 0 heterocycles. The number of nitrogens with one attached hydrogen (secondary N) is 2. The van der Waals surface area contributed by atoms with Crippen LogP contribution in [-0.2, 0) is 0 Å². The van der Waals surface area contributed by atoms with Crippen LogP contribution in [0.3, 0.4) is 0 Å². The average molecular weight is 387 g/mol. The Hall–Kier alpha value is -2.60. The molecule has 0 aromatic heterocycles. The maximum Gasteiger partial charge on any atom is 0.261 e. The lowest BCUT2D eigenvalue weighted by Gasteiger charge is -2.15. The van der Waals surface area contributed by atoms with Gasteiger partial charge in [-0.1, -0.05) is 25.5 Å². The van der Waals surface area contributed by atoms with Crippen LogP contribution >= 0.6 is 12.2 Å². The fraction of sp³-hybridized carbons (Fsp3) is 0.333. The topological polar surface area (TPSA) is 59.6 Å². The number of para-hydroxylation sites is 1. The monoisotopic (exact) mass is 386 g/mol. The molecular weight excluding hydrogens is 360 g/mol. The van der Waals surface area contributed by atoms with Crippen molar-refractivity contribution in [3.8, 4) is 11.5 Å². The van der Waals surface area contributed by atoms with Crippen LogP contribution < -0.4 is 20.1 Å². The highest BCUT2D eigenvalue weighted by molar-refractivity contribution is 7.80. The first-order valence-electron chi connectivity index (χ1n) is 9.10. The predicted molar refractivity (Wildman–Crippen MR) is 113 cm³/mol. The Morgan fingerprint density at radius 3 is 2.48 bits per heavy atom. The van der Waals surface area contributed by atoms with Gasteiger partial charge in [0.15, 0.2) is 5.11 Å². The minimum atomic E-state index is -0.316. The van der Waals surface area contributed by atoms with Crippen LogP contribution in [0.5, 0.6) is 11.5 Å². The van der Waals surface area contributed by atoms with Gasteiger partial charge in [0.05, 0.1) is 18.3 Å². The van der Waals surface area contributed by atoms with Gasteiger partial charge >= 0.3 is 0 Å². The Kier molecular flexibility index (Phi) is 8.07. The summed E-state index contributed by atoms with van der Waals surface area (Å²) in [5.41, 5.74) is 1.21. The number of hydrogen-bond donors (Lipinski definition) is 2. The Labute approximate surface area is 166 Å². The molecule has 0 aliphatic carbocycles. The Bertz CT molecular complexity index is 760. The van der Waals surface area contributed by atoms with Gasteiger partial charge in [0, 0.05) is 5.69 Å². The number of carbonyl (C=O) groups is 1. The molecule has 2 aromatic rings. The number of hydrogen-bond acceptors (Lipinski definition) is 4. The third-order valence-corrected chi connectivity index (χ3v) is 3.80. The van der Waals surface area contributed by atoms with E-state index in [1.165, 1.54) is 0 Å². The van der Waals surface area contributed by atoms with Crippen molar-refractivity contribution in [1.82, 2.24) is 5.32 Å². The van der Waals surface area contributed by atoms with E-state index in [9.17, 15) is 4.79 Å². The van der Waals surface area contributed by atoms with Crippen molar-refractivity contribution in [2.75, 3.05) is 11.9 Å². The molecule has 5 nitrogen and oxygen atoms in total. The van der Waals surface area contributed by atoms with Crippen molar-refractivity contribution >= 4 is 28.9 Å². The summed E-state index contributed by atoms with van der Waals surface area (Å²) < 4.78 is 11.3. The normalized spacial score (nSPS) is 10.4. The van der Waals surface area contributed by atoms with Crippen molar-refractivity contribution in [2.45, 2.75) is 39.7 Å². The summed E-state index contributed by atoms with van der Waals surface area (Å²) in [6.07, 6.45) is 2.10. The van der Waals surface area contributed by atoms with Crippen molar-refractivity contribution in [3.63, 3.8) is 0 Å². The highest BCUT2D eigenvalue weighted by Gasteiger charge is 2.14. The zero-order chi connectivity index (χ0) is 19.6. The van der Waals surface area contributed by atoms with E-state index in [1.807, 2.05) is 44.2 Å². The number of rotatable bonds is 8. The summed E-state index contributed by atoms with van der Waals surface area (Å²) in [6.45, 7) is 6.65. The number of thiocarbonyl (C=S) groups is 1. The quantitative estimate of drug-likeness (QED) is 0.505. The molecule has 0 bridgehead atoms. The van der Waals surface area contributed by atoms with Crippen LogP contribution in [0.4, 0.5) is 5.69 Å². The average Bonchev–Trinajstić information content (AvgIpc) is 2.63. The molecule has 2 rings (SSSR count). The molecule has 0 saturated heterocycles. The molecule has 0 saturated carbocycles. The van der Waals surface area contributed by atoms with Gasteiger partial charge in [0.1, 0.15) is 11.5 Å². The summed E-state index contributed by atoms with van der Waals surface area (Å²) in [5.74, 6) is 1.02. The lowest BCUT2D eigenvalue weighted by molar-refractivity contribution is 0.0972. The van der Waals surface area contributed by atoms with E-state index >= 15 is 0 Å². The number of amides is 1. The van der Waals surface area contributed by atoms with Crippen molar-refractivity contribution in [3.05, 3.63) is 54.1 Å².